The maximum absolute atomic E-state index is 6.19. The fourth-order valence-corrected chi connectivity index (χ4v) is 4.43. The van der Waals surface area contributed by atoms with Crippen LogP contribution in [0.1, 0.15) is 39.0 Å². The zero-order chi connectivity index (χ0) is 18.1. The minimum Gasteiger partial charge on any atom is -0.354 e. The lowest BCUT2D eigenvalue weighted by Crippen LogP contribution is -2.40. The van der Waals surface area contributed by atoms with E-state index < -0.39 is 0 Å². The van der Waals surface area contributed by atoms with Crippen LogP contribution in [0.15, 0.2) is 4.73 Å². The Balaban J connectivity index is 1.49. The molecule has 0 radical (unpaired) electrons. The van der Waals surface area contributed by atoms with Crippen LogP contribution in [-0.4, -0.2) is 51.6 Å². The average Bonchev–Trinajstić information content (AvgIpc) is 2.97. The number of hydrogen-bond donors (Lipinski definition) is 0. The topological polar surface area (TPSA) is 65.3 Å². The summed E-state index contributed by atoms with van der Waals surface area (Å²) < 4.78 is 14.6. The monoisotopic (exact) mass is 443 g/mol. The Bertz CT molecular complexity index is 772. The first-order chi connectivity index (χ1) is 12.7. The van der Waals surface area contributed by atoms with Crippen molar-refractivity contribution in [2.75, 3.05) is 24.6 Å². The van der Waals surface area contributed by atoms with Gasteiger partial charge in [-0.2, -0.15) is 9.97 Å². The smallest absolute Gasteiger partial charge is 0.226 e. The Morgan fingerprint density at radius 2 is 2.00 bits per heavy atom. The molecule has 0 aromatic carbocycles. The van der Waals surface area contributed by atoms with Gasteiger partial charge in [0.2, 0.25) is 5.28 Å². The third kappa shape index (κ3) is 3.69. The molecule has 0 amide bonds. The Labute approximate surface area is 166 Å². The number of imidazole rings is 1. The van der Waals surface area contributed by atoms with Crippen LogP contribution in [0.25, 0.3) is 11.2 Å². The zero-order valence-electron chi connectivity index (χ0n) is 14.8. The minimum atomic E-state index is -0.0308. The summed E-state index contributed by atoms with van der Waals surface area (Å²) in [6, 6.07) is 0. The van der Waals surface area contributed by atoms with Crippen molar-refractivity contribution in [3.05, 3.63) is 10.0 Å². The van der Waals surface area contributed by atoms with Crippen molar-refractivity contribution < 1.29 is 9.47 Å². The molecule has 1 atom stereocenters. The normalized spacial score (nSPS) is 22.3. The number of ether oxygens (including phenoxy) is 2. The number of rotatable bonds is 4. The minimum absolute atomic E-state index is 0.0308. The Morgan fingerprint density at radius 3 is 2.69 bits per heavy atom. The van der Waals surface area contributed by atoms with E-state index in [0.29, 0.717) is 0 Å². The number of anilines is 1. The van der Waals surface area contributed by atoms with E-state index in [0.717, 1.165) is 73.6 Å². The first-order valence-corrected chi connectivity index (χ1v) is 10.4. The van der Waals surface area contributed by atoms with E-state index in [2.05, 4.69) is 42.7 Å². The van der Waals surface area contributed by atoms with Crippen LogP contribution in [-0.2, 0) is 16.0 Å². The van der Waals surface area contributed by atoms with Gasteiger partial charge in [0, 0.05) is 26.2 Å². The molecule has 2 saturated heterocycles. The van der Waals surface area contributed by atoms with Crippen LogP contribution in [0.2, 0.25) is 5.28 Å². The highest BCUT2D eigenvalue weighted by Gasteiger charge is 2.27. The van der Waals surface area contributed by atoms with Crippen LogP contribution in [0.4, 0.5) is 5.82 Å². The highest BCUT2D eigenvalue weighted by Crippen LogP contribution is 2.30. The molecule has 2 aliphatic rings. The van der Waals surface area contributed by atoms with Crippen molar-refractivity contribution in [2.24, 2.45) is 0 Å². The van der Waals surface area contributed by atoms with Gasteiger partial charge in [-0.15, -0.1) is 0 Å². The second-order valence-electron chi connectivity index (χ2n) is 6.73. The maximum atomic E-state index is 6.19. The quantitative estimate of drug-likeness (QED) is 0.528. The summed E-state index contributed by atoms with van der Waals surface area (Å²) in [7, 11) is 0. The maximum Gasteiger partial charge on any atom is 0.226 e. The van der Waals surface area contributed by atoms with Gasteiger partial charge in [-0.25, -0.2) is 4.98 Å². The number of nitrogens with zero attached hydrogens (tertiary/aromatic N) is 5. The lowest BCUT2D eigenvalue weighted by atomic mass is 10.1. The predicted octanol–water partition coefficient (Wildman–Crippen LogP) is 3.77. The molecule has 2 fully saturated rings. The van der Waals surface area contributed by atoms with Crippen molar-refractivity contribution in [2.45, 2.75) is 58.0 Å². The fraction of sp³-hybridized carbons (Fsp3) is 0.706. The van der Waals surface area contributed by atoms with Crippen molar-refractivity contribution in [3.8, 4) is 0 Å². The molecule has 4 heterocycles. The standard InChI is InChI=1S/C17H23BrClN5O2/c1-2-24-15-13(20-16(24)18)14(21-17(19)22-15)23-8-6-11(7-9-23)26-12-5-3-4-10-25-12/h11-12H,2-10H2,1H3. The van der Waals surface area contributed by atoms with Crippen LogP contribution in [0.5, 0.6) is 0 Å². The van der Waals surface area contributed by atoms with Gasteiger partial charge in [0.25, 0.3) is 0 Å². The summed E-state index contributed by atoms with van der Waals surface area (Å²) in [5.74, 6) is 0.806. The number of halogens is 2. The molecule has 2 aliphatic heterocycles. The Morgan fingerprint density at radius 1 is 1.19 bits per heavy atom. The summed E-state index contributed by atoms with van der Waals surface area (Å²) in [4.78, 5) is 15.7. The van der Waals surface area contributed by atoms with Crippen molar-refractivity contribution in [3.63, 3.8) is 0 Å². The van der Waals surface area contributed by atoms with Crippen LogP contribution in [0.3, 0.4) is 0 Å². The summed E-state index contributed by atoms with van der Waals surface area (Å²) in [5.41, 5.74) is 1.56. The van der Waals surface area contributed by atoms with E-state index in [-0.39, 0.29) is 17.7 Å². The molecule has 0 saturated carbocycles. The molecule has 7 nitrogen and oxygen atoms in total. The molecule has 142 valence electrons. The molecule has 2 aromatic heterocycles. The third-order valence-electron chi connectivity index (χ3n) is 5.04. The SMILES string of the molecule is CCn1c(Br)nc2c(N3CCC(OC4CCCCO4)CC3)nc(Cl)nc21. The van der Waals surface area contributed by atoms with Gasteiger partial charge in [-0.3, -0.25) is 0 Å². The fourth-order valence-electron chi connectivity index (χ4n) is 3.67. The highest BCUT2D eigenvalue weighted by atomic mass is 79.9. The van der Waals surface area contributed by atoms with Crippen LogP contribution < -0.4 is 4.90 Å². The number of hydrogen-bond acceptors (Lipinski definition) is 6. The number of fused-ring (bicyclic) bond motifs is 1. The number of aromatic nitrogens is 4. The van der Waals surface area contributed by atoms with Gasteiger partial charge in [0.1, 0.15) is 0 Å². The summed E-state index contributed by atoms with van der Waals surface area (Å²) in [5, 5.41) is 0.253. The van der Waals surface area contributed by atoms with Crippen molar-refractivity contribution in [1.82, 2.24) is 19.5 Å². The summed E-state index contributed by atoms with van der Waals surface area (Å²) >= 11 is 9.70. The van der Waals surface area contributed by atoms with E-state index in [9.17, 15) is 0 Å². The molecule has 0 spiro atoms. The second-order valence-corrected chi connectivity index (χ2v) is 7.78. The van der Waals surface area contributed by atoms with Gasteiger partial charge < -0.3 is 18.9 Å². The molecule has 1 unspecified atom stereocenters. The first-order valence-electron chi connectivity index (χ1n) is 9.27. The van der Waals surface area contributed by atoms with Gasteiger partial charge in [0.15, 0.2) is 28.0 Å². The van der Waals surface area contributed by atoms with Gasteiger partial charge >= 0.3 is 0 Å². The Kier molecular flexibility index (Phi) is 5.63. The van der Waals surface area contributed by atoms with Crippen molar-refractivity contribution in [1.29, 1.82) is 0 Å². The Hall–Kier alpha value is -0.960. The number of aryl methyl sites for hydroxylation is 1. The molecule has 26 heavy (non-hydrogen) atoms. The number of piperidine rings is 1. The van der Waals surface area contributed by atoms with Gasteiger partial charge in [0.05, 0.1) is 6.10 Å². The highest BCUT2D eigenvalue weighted by molar-refractivity contribution is 9.10. The van der Waals surface area contributed by atoms with E-state index >= 15 is 0 Å². The zero-order valence-corrected chi connectivity index (χ0v) is 17.2. The molecule has 4 rings (SSSR count). The lowest BCUT2D eigenvalue weighted by Gasteiger charge is -2.35. The molecule has 0 N–H and O–H groups in total. The van der Waals surface area contributed by atoms with E-state index in [1.165, 1.54) is 6.42 Å². The lowest BCUT2D eigenvalue weighted by molar-refractivity contribution is -0.191. The molecule has 0 aliphatic carbocycles. The molecular weight excluding hydrogens is 422 g/mol. The van der Waals surface area contributed by atoms with Gasteiger partial charge in [-0.05, 0) is 66.6 Å². The van der Waals surface area contributed by atoms with Crippen LogP contribution in [0, 0.1) is 0 Å². The van der Waals surface area contributed by atoms with E-state index in [1.54, 1.807) is 0 Å². The second kappa shape index (κ2) is 7.96. The first kappa shape index (κ1) is 18.4. The largest absolute Gasteiger partial charge is 0.354 e. The average molecular weight is 445 g/mol. The molecule has 9 heteroatoms. The van der Waals surface area contributed by atoms with Crippen molar-refractivity contribution >= 4 is 44.5 Å². The third-order valence-corrected chi connectivity index (χ3v) is 5.82. The van der Waals surface area contributed by atoms with E-state index in [1.807, 2.05) is 4.57 Å². The molecule has 0 bridgehead atoms. The van der Waals surface area contributed by atoms with E-state index in [4.69, 9.17) is 21.1 Å². The van der Waals surface area contributed by atoms with Crippen LogP contribution >= 0.6 is 27.5 Å². The summed E-state index contributed by atoms with van der Waals surface area (Å²) in [6.45, 7) is 5.35. The molecule has 2 aromatic rings. The van der Waals surface area contributed by atoms with Gasteiger partial charge in [-0.1, -0.05) is 0 Å². The summed E-state index contributed by atoms with van der Waals surface area (Å²) in [6.07, 6.45) is 5.43. The predicted molar refractivity (Wildman–Crippen MR) is 104 cm³/mol. The molecular formula is C17H23BrClN5O2.